The molecule has 3 nitrogen and oxygen atoms in total. The van der Waals surface area contributed by atoms with E-state index in [-0.39, 0.29) is 0 Å². The maximum atomic E-state index is 4.53. The molecule has 1 aromatic carbocycles. The standard InChI is InChI=1S/C19H25N3/c1-15(22(2)16-8-4-3-5-9-16)14-21-19-12-6-11-18-17(19)10-7-13-20-18/h3-5,7-10,13,15,19,21H,6,11-12,14H2,1-2H3. The van der Waals surface area contributed by atoms with E-state index in [2.05, 4.69) is 71.6 Å². The third-order valence-electron chi connectivity index (χ3n) is 4.69. The lowest BCUT2D eigenvalue weighted by Crippen LogP contribution is -2.40. The highest BCUT2D eigenvalue weighted by Gasteiger charge is 2.21. The van der Waals surface area contributed by atoms with Crippen LogP contribution in [0, 0.1) is 0 Å². The number of nitrogens with one attached hydrogen (secondary N) is 1. The number of aryl methyl sites for hydroxylation is 1. The fourth-order valence-corrected chi connectivity index (χ4v) is 3.19. The number of benzene rings is 1. The number of nitrogens with zero attached hydrogens (tertiary/aromatic N) is 2. The zero-order valence-electron chi connectivity index (χ0n) is 13.5. The fourth-order valence-electron chi connectivity index (χ4n) is 3.19. The lowest BCUT2D eigenvalue weighted by atomic mass is 9.91. The van der Waals surface area contributed by atoms with Crippen molar-refractivity contribution in [2.24, 2.45) is 0 Å². The topological polar surface area (TPSA) is 28.2 Å². The number of likely N-dealkylation sites (N-methyl/N-ethyl adjacent to an activating group) is 1. The van der Waals surface area contributed by atoms with Gasteiger partial charge in [0, 0.05) is 43.3 Å². The molecule has 22 heavy (non-hydrogen) atoms. The highest BCUT2D eigenvalue weighted by molar-refractivity contribution is 5.46. The van der Waals surface area contributed by atoms with Gasteiger partial charge in [0.25, 0.3) is 0 Å². The Morgan fingerprint density at radius 2 is 2.05 bits per heavy atom. The van der Waals surface area contributed by atoms with E-state index < -0.39 is 0 Å². The summed E-state index contributed by atoms with van der Waals surface area (Å²) in [7, 11) is 2.16. The lowest BCUT2D eigenvalue weighted by molar-refractivity contribution is 0.437. The quantitative estimate of drug-likeness (QED) is 0.914. The van der Waals surface area contributed by atoms with Crippen LogP contribution < -0.4 is 10.2 Å². The van der Waals surface area contributed by atoms with E-state index in [4.69, 9.17) is 0 Å². The van der Waals surface area contributed by atoms with Gasteiger partial charge in [-0.1, -0.05) is 24.3 Å². The van der Waals surface area contributed by atoms with Crippen molar-refractivity contribution in [3.8, 4) is 0 Å². The van der Waals surface area contributed by atoms with Crippen molar-refractivity contribution >= 4 is 5.69 Å². The van der Waals surface area contributed by atoms with Gasteiger partial charge in [0.1, 0.15) is 0 Å². The van der Waals surface area contributed by atoms with Crippen molar-refractivity contribution in [1.29, 1.82) is 0 Å². The summed E-state index contributed by atoms with van der Waals surface area (Å²) < 4.78 is 0. The first kappa shape index (κ1) is 15.0. The molecule has 116 valence electrons. The molecule has 2 unspecified atom stereocenters. The summed E-state index contributed by atoms with van der Waals surface area (Å²) >= 11 is 0. The zero-order valence-corrected chi connectivity index (χ0v) is 13.5. The summed E-state index contributed by atoms with van der Waals surface area (Å²) in [5, 5.41) is 3.75. The van der Waals surface area contributed by atoms with Crippen LogP contribution in [0.4, 0.5) is 5.69 Å². The molecule has 0 fully saturated rings. The van der Waals surface area contributed by atoms with Gasteiger partial charge < -0.3 is 10.2 Å². The number of rotatable bonds is 5. The van der Waals surface area contributed by atoms with Crippen molar-refractivity contribution in [3.63, 3.8) is 0 Å². The SMILES string of the molecule is CC(CNC1CCCc2ncccc21)N(C)c1ccccc1. The molecule has 0 saturated carbocycles. The second-order valence-corrected chi connectivity index (χ2v) is 6.19. The molecule has 3 heteroatoms. The third-order valence-corrected chi connectivity index (χ3v) is 4.69. The Morgan fingerprint density at radius 1 is 1.23 bits per heavy atom. The summed E-state index contributed by atoms with van der Waals surface area (Å²) in [6, 6.07) is 15.7. The van der Waals surface area contributed by atoms with Crippen molar-refractivity contribution in [1.82, 2.24) is 10.3 Å². The molecule has 0 amide bonds. The number of hydrogen-bond donors (Lipinski definition) is 1. The molecular weight excluding hydrogens is 270 g/mol. The van der Waals surface area contributed by atoms with Crippen LogP contribution in [0.2, 0.25) is 0 Å². The fraction of sp³-hybridized carbons (Fsp3) is 0.421. The van der Waals surface area contributed by atoms with Crippen molar-refractivity contribution in [3.05, 3.63) is 59.9 Å². The normalized spacial score (nSPS) is 18.5. The number of pyridine rings is 1. The van der Waals surface area contributed by atoms with Gasteiger partial charge in [-0.05, 0) is 49.9 Å². The zero-order chi connectivity index (χ0) is 15.4. The van der Waals surface area contributed by atoms with Crippen molar-refractivity contribution in [2.45, 2.75) is 38.3 Å². The average Bonchev–Trinajstić information content (AvgIpc) is 2.59. The molecule has 1 aliphatic carbocycles. The summed E-state index contributed by atoms with van der Waals surface area (Å²) in [4.78, 5) is 6.86. The second kappa shape index (κ2) is 6.93. The van der Waals surface area contributed by atoms with Gasteiger partial charge in [-0.2, -0.15) is 0 Å². The van der Waals surface area contributed by atoms with E-state index >= 15 is 0 Å². The van der Waals surface area contributed by atoms with Crippen LogP contribution in [-0.2, 0) is 6.42 Å². The molecule has 2 aromatic rings. The van der Waals surface area contributed by atoms with E-state index in [0.29, 0.717) is 12.1 Å². The Morgan fingerprint density at radius 3 is 2.86 bits per heavy atom. The van der Waals surface area contributed by atoms with Crippen LogP contribution in [0.1, 0.15) is 37.1 Å². The molecule has 0 radical (unpaired) electrons. The van der Waals surface area contributed by atoms with Gasteiger partial charge in [-0.15, -0.1) is 0 Å². The number of hydrogen-bond acceptors (Lipinski definition) is 3. The van der Waals surface area contributed by atoms with Crippen LogP contribution in [0.5, 0.6) is 0 Å². The number of anilines is 1. The summed E-state index contributed by atoms with van der Waals surface area (Å²) in [5.41, 5.74) is 3.93. The van der Waals surface area contributed by atoms with E-state index in [0.717, 1.165) is 13.0 Å². The van der Waals surface area contributed by atoms with Crippen LogP contribution in [0.25, 0.3) is 0 Å². The van der Waals surface area contributed by atoms with Gasteiger partial charge in [-0.3, -0.25) is 4.98 Å². The minimum absolute atomic E-state index is 0.448. The first-order chi connectivity index (χ1) is 10.8. The van der Waals surface area contributed by atoms with Crippen LogP contribution >= 0.6 is 0 Å². The Kier molecular flexibility index (Phi) is 4.74. The molecule has 0 bridgehead atoms. The average molecular weight is 295 g/mol. The molecule has 2 atom stereocenters. The summed E-state index contributed by atoms with van der Waals surface area (Å²) in [6.45, 7) is 3.25. The molecule has 0 spiro atoms. The first-order valence-corrected chi connectivity index (χ1v) is 8.21. The molecule has 1 heterocycles. The van der Waals surface area contributed by atoms with Crippen molar-refractivity contribution < 1.29 is 0 Å². The molecule has 1 N–H and O–H groups in total. The number of para-hydroxylation sites is 1. The lowest BCUT2D eigenvalue weighted by Gasteiger charge is -2.31. The van der Waals surface area contributed by atoms with E-state index in [9.17, 15) is 0 Å². The van der Waals surface area contributed by atoms with E-state index in [1.165, 1.54) is 29.8 Å². The Hall–Kier alpha value is -1.87. The predicted octanol–water partition coefficient (Wildman–Crippen LogP) is 3.57. The van der Waals surface area contributed by atoms with Crippen LogP contribution in [0.15, 0.2) is 48.7 Å². The Bertz CT molecular complexity index is 597. The van der Waals surface area contributed by atoms with Crippen molar-refractivity contribution in [2.75, 3.05) is 18.5 Å². The molecule has 3 rings (SSSR count). The highest BCUT2D eigenvalue weighted by atomic mass is 15.2. The first-order valence-electron chi connectivity index (χ1n) is 8.21. The Balaban J connectivity index is 1.61. The third kappa shape index (κ3) is 3.30. The predicted molar refractivity (Wildman–Crippen MR) is 92.2 cm³/mol. The molecular formula is C19H25N3. The highest BCUT2D eigenvalue weighted by Crippen LogP contribution is 2.28. The minimum Gasteiger partial charge on any atom is -0.371 e. The number of fused-ring (bicyclic) bond motifs is 1. The van der Waals surface area contributed by atoms with Gasteiger partial charge in [-0.25, -0.2) is 0 Å². The molecule has 1 aromatic heterocycles. The molecule has 1 aliphatic rings. The molecule has 0 aliphatic heterocycles. The maximum Gasteiger partial charge on any atom is 0.0451 e. The maximum absolute atomic E-state index is 4.53. The van der Waals surface area contributed by atoms with E-state index in [1.54, 1.807) is 0 Å². The molecule has 0 saturated heterocycles. The van der Waals surface area contributed by atoms with Crippen LogP contribution in [-0.4, -0.2) is 24.6 Å². The second-order valence-electron chi connectivity index (χ2n) is 6.19. The van der Waals surface area contributed by atoms with Gasteiger partial charge in [0.15, 0.2) is 0 Å². The summed E-state index contributed by atoms with van der Waals surface area (Å²) in [5.74, 6) is 0. The van der Waals surface area contributed by atoms with Gasteiger partial charge >= 0.3 is 0 Å². The number of aromatic nitrogens is 1. The largest absolute Gasteiger partial charge is 0.371 e. The Labute approximate surface area is 133 Å². The van der Waals surface area contributed by atoms with Crippen LogP contribution in [0.3, 0.4) is 0 Å². The summed E-state index contributed by atoms with van der Waals surface area (Å²) in [6.07, 6.45) is 5.46. The minimum atomic E-state index is 0.448. The van der Waals surface area contributed by atoms with E-state index in [1.807, 2.05) is 6.20 Å². The smallest absolute Gasteiger partial charge is 0.0451 e. The van der Waals surface area contributed by atoms with Gasteiger partial charge in [0.2, 0.25) is 0 Å². The monoisotopic (exact) mass is 295 g/mol. The van der Waals surface area contributed by atoms with Gasteiger partial charge in [0.05, 0.1) is 0 Å².